The first-order valence-electron chi connectivity index (χ1n) is 13.1. The predicted molar refractivity (Wildman–Crippen MR) is 154 cm³/mol. The number of aliphatic hydroxyl groups excluding tert-OH is 1. The van der Waals surface area contributed by atoms with E-state index in [-0.39, 0.29) is 22.1 Å². The van der Waals surface area contributed by atoms with Gasteiger partial charge in [-0.05, 0) is 76.8 Å². The van der Waals surface area contributed by atoms with Gasteiger partial charge in [-0.15, -0.1) is 0 Å². The minimum atomic E-state index is -1.21. The summed E-state index contributed by atoms with van der Waals surface area (Å²) in [6.07, 6.45) is 0.941. The van der Waals surface area contributed by atoms with Gasteiger partial charge in [0.2, 0.25) is 0 Å². The topological polar surface area (TPSA) is 90.2 Å². The van der Waals surface area contributed by atoms with Gasteiger partial charge >= 0.3 is 5.97 Å². The minimum absolute atomic E-state index is 0.0897. The first kappa shape index (κ1) is 28.1. The fraction of sp³-hybridized carbons (Fsp3) is 0.364. The Balaban J connectivity index is 1.70. The van der Waals surface area contributed by atoms with E-state index in [0.29, 0.717) is 17.7 Å². The van der Waals surface area contributed by atoms with Crippen LogP contribution in [-0.4, -0.2) is 35.4 Å². The number of rotatable bonds is 6. The Morgan fingerprint density at radius 1 is 1.00 bits per heavy atom. The lowest BCUT2D eigenvalue weighted by Gasteiger charge is -2.43. The molecule has 1 atom stereocenters. The summed E-state index contributed by atoms with van der Waals surface area (Å²) in [5, 5.41) is 30.2. The molecule has 0 spiro atoms. The highest BCUT2D eigenvalue weighted by molar-refractivity contribution is 5.90. The quantitative estimate of drug-likeness (QED) is 0.332. The zero-order chi connectivity index (χ0) is 28.5. The maximum absolute atomic E-state index is 11.2. The minimum Gasteiger partial charge on any atom is -0.507 e. The molecule has 204 valence electrons. The summed E-state index contributed by atoms with van der Waals surface area (Å²) in [4.78, 5) is 13.2. The molecule has 3 aromatic carbocycles. The molecular weight excluding hydrogens is 490 g/mol. The van der Waals surface area contributed by atoms with E-state index in [1.165, 1.54) is 23.8 Å². The van der Waals surface area contributed by atoms with Crippen molar-refractivity contribution in [2.75, 3.05) is 19.0 Å². The summed E-state index contributed by atoms with van der Waals surface area (Å²) in [5.74, 6) is 4.88. The molecule has 0 amide bonds. The Bertz CT molecular complexity index is 1440. The second-order valence-electron chi connectivity index (χ2n) is 11.8. The number of anilines is 1. The molecule has 6 nitrogen and oxygen atoms in total. The highest BCUT2D eigenvalue weighted by Crippen LogP contribution is 2.50. The molecule has 0 aliphatic heterocycles. The number of ether oxygens (including phenoxy) is 1. The molecule has 0 radical (unpaired) electrons. The van der Waals surface area contributed by atoms with Gasteiger partial charge in [0.15, 0.2) is 0 Å². The van der Waals surface area contributed by atoms with Gasteiger partial charge in [0.05, 0.1) is 0 Å². The number of aromatic carboxylic acids is 1. The average molecular weight is 528 g/mol. The van der Waals surface area contributed by atoms with Crippen molar-refractivity contribution >= 4 is 11.7 Å². The number of carbonyl (C=O) groups is 1. The number of fused-ring (bicyclic) bond motifs is 1. The normalized spacial score (nSPS) is 15.9. The van der Waals surface area contributed by atoms with Crippen LogP contribution in [0.5, 0.6) is 11.5 Å². The number of hydrogen-bond donors (Lipinski definition) is 3. The van der Waals surface area contributed by atoms with Crippen molar-refractivity contribution in [3.63, 3.8) is 0 Å². The number of aliphatic hydroxyl groups is 1. The molecule has 4 rings (SSSR count). The van der Waals surface area contributed by atoms with Crippen molar-refractivity contribution in [2.45, 2.75) is 64.1 Å². The van der Waals surface area contributed by atoms with Gasteiger partial charge in [0, 0.05) is 30.9 Å². The molecule has 0 heterocycles. The van der Waals surface area contributed by atoms with Crippen molar-refractivity contribution in [3.8, 4) is 23.3 Å². The molecule has 6 heteroatoms. The Morgan fingerprint density at radius 2 is 1.67 bits per heavy atom. The number of aromatic hydroxyl groups is 1. The summed E-state index contributed by atoms with van der Waals surface area (Å²) < 4.78 is 6.46. The summed E-state index contributed by atoms with van der Waals surface area (Å²) in [5.41, 5.74) is 5.15. The van der Waals surface area contributed by atoms with Gasteiger partial charge in [-0.2, -0.15) is 0 Å². The van der Waals surface area contributed by atoms with Crippen molar-refractivity contribution in [1.82, 2.24) is 0 Å². The molecule has 0 saturated carbocycles. The van der Waals surface area contributed by atoms with Crippen LogP contribution < -0.4 is 9.64 Å². The van der Waals surface area contributed by atoms with Crippen LogP contribution in [-0.2, 0) is 17.4 Å². The third-order valence-electron chi connectivity index (χ3n) is 7.65. The lowest BCUT2D eigenvalue weighted by molar-refractivity contribution is 0.0693. The van der Waals surface area contributed by atoms with Crippen LogP contribution in [0.3, 0.4) is 0 Å². The molecule has 0 aromatic heterocycles. The van der Waals surface area contributed by atoms with Crippen molar-refractivity contribution in [1.29, 1.82) is 0 Å². The molecule has 3 aromatic rings. The highest BCUT2D eigenvalue weighted by Gasteiger charge is 2.40. The van der Waals surface area contributed by atoms with Gasteiger partial charge in [-0.3, -0.25) is 0 Å². The van der Waals surface area contributed by atoms with E-state index in [4.69, 9.17) is 9.84 Å². The van der Waals surface area contributed by atoms with E-state index in [1.54, 1.807) is 0 Å². The Hall–Kier alpha value is -3.95. The van der Waals surface area contributed by atoms with Gasteiger partial charge in [-0.1, -0.05) is 57.7 Å². The smallest absolute Gasteiger partial charge is 0.339 e. The molecule has 1 aliphatic carbocycles. The van der Waals surface area contributed by atoms with Gasteiger partial charge in [0.1, 0.15) is 29.8 Å². The van der Waals surface area contributed by atoms with Crippen LogP contribution in [0.1, 0.15) is 84.8 Å². The second kappa shape index (κ2) is 10.7. The standard InChI is InChI=1S/C33H37NO5/c1-32(2)15-16-33(3,4)30-26(32)18-23(19-29(30)39-20-22-7-11-24(12-8-22)34(5)6)27(35)14-10-21-9-13-25(31(37)38)28(36)17-21/h7-9,11-13,17-19,27,35-36H,15-16,20H2,1-6H3,(H,37,38). The molecule has 3 N–H and O–H groups in total. The van der Waals surface area contributed by atoms with Gasteiger partial charge in [0.25, 0.3) is 0 Å². The number of carboxylic acid groups (broad SMARTS) is 1. The van der Waals surface area contributed by atoms with E-state index < -0.39 is 12.1 Å². The summed E-state index contributed by atoms with van der Waals surface area (Å²) in [7, 11) is 4.02. The van der Waals surface area contributed by atoms with E-state index >= 15 is 0 Å². The van der Waals surface area contributed by atoms with E-state index in [1.807, 2.05) is 26.2 Å². The number of benzene rings is 3. The first-order valence-corrected chi connectivity index (χ1v) is 13.1. The molecule has 1 unspecified atom stereocenters. The Kier molecular flexibility index (Phi) is 7.68. The summed E-state index contributed by atoms with van der Waals surface area (Å²) >= 11 is 0. The molecule has 0 saturated heterocycles. The third kappa shape index (κ3) is 6.05. The lowest BCUT2D eigenvalue weighted by atomic mass is 9.62. The van der Waals surface area contributed by atoms with Crippen molar-refractivity contribution in [2.24, 2.45) is 0 Å². The zero-order valence-corrected chi connectivity index (χ0v) is 23.5. The number of phenols is 1. The zero-order valence-electron chi connectivity index (χ0n) is 23.5. The van der Waals surface area contributed by atoms with E-state index in [0.717, 1.165) is 35.4 Å². The first-order chi connectivity index (χ1) is 18.3. The Labute approximate surface area is 230 Å². The van der Waals surface area contributed by atoms with Crippen LogP contribution in [0.2, 0.25) is 0 Å². The van der Waals surface area contributed by atoms with Crippen molar-refractivity contribution < 1.29 is 24.9 Å². The number of hydrogen-bond acceptors (Lipinski definition) is 5. The second-order valence-corrected chi connectivity index (χ2v) is 11.8. The maximum atomic E-state index is 11.2. The van der Waals surface area contributed by atoms with Gasteiger partial charge in [-0.25, -0.2) is 4.79 Å². The van der Waals surface area contributed by atoms with Crippen LogP contribution in [0, 0.1) is 11.8 Å². The van der Waals surface area contributed by atoms with Crippen molar-refractivity contribution in [3.05, 3.63) is 88.0 Å². The van der Waals surface area contributed by atoms with Crippen LogP contribution in [0.4, 0.5) is 5.69 Å². The maximum Gasteiger partial charge on any atom is 0.339 e. The third-order valence-corrected chi connectivity index (χ3v) is 7.65. The SMILES string of the molecule is CN(C)c1ccc(COc2cc(C(O)C#Cc3ccc(C(=O)O)c(O)c3)cc3c2C(C)(C)CCC3(C)C)cc1. The predicted octanol–water partition coefficient (Wildman–Crippen LogP) is 6.17. The monoisotopic (exact) mass is 527 g/mol. The van der Waals surface area contributed by atoms with Crippen LogP contribution in [0.25, 0.3) is 0 Å². The van der Waals surface area contributed by atoms with Crippen LogP contribution in [0.15, 0.2) is 54.6 Å². The summed E-state index contributed by atoms with van der Waals surface area (Å²) in [6.45, 7) is 9.32. The van der Waals surface area contributed by atoms with Crippen LogP contribution >= 0.6 is 0 Å². The fourth-order valence-electron chi connectivity index (χ4n) is 5.10. The highest BCUT2D eigenvalue weighted by atomic mass is 16.5. The molecule has 0 fully saturated rings. The van der Waals surface area contributed by atoms with E-state index in [9.17, 15) is 15.0 Å². The lowest BCUT2D eigenvalue weighted by Crippen LogP contribution is -2.34. The average Bonchev–Trinajstić information content (AvgIpc) is 2.88. The Morgan fingerprint density at radius 3 is 2.28 bits per heavy atom. The summed E-state index contributed by atoms with van der Waals surface area (Å²) in [6, 6.07) is 16.3. The largest absolute Gasteiger partial charge is 0.507 e. The molecule has 0 bridgehead atoms. The number of carboxylic acids is 1. The molecule has 39 heavy (non-hydrogen) atoms. The van der Waals surface area contributed by atoms with E-state index in [2.05, 4.69) is 68.7 Å². The molecular formula is C33H37NO5. The molecule has 1 aliphatic rings. The number of nitrogens with zero attached hydrogens (tertiary/aromatic N) is 1. The fourth-order valence-corrected chi connectivity index (χ4v) is 5.10. The van der Waals surface area contributed by atoms with Gasteiger partial charge < -0.3 is 25.0 Å².